The van der Waals surface area contributed by atoms with Gasteiger partial charge in [0.15, 0.2) is 11.4 Å². The fourth-order valence-electron chi connectivity index (χ4n) is 2.20. The summed E-state index contributed by atoms with van der Waals surface area (Å²) in [5.74, 6) is 0.318. The van der Waals surface area contributed by atoms with Crippen molar-refractivity contribution in [3.63, 3.8) is 0 Å². The molecule has 1 aromatic heterocycles. The van der Waals surface area contributed by atoms with Crippen LogP contribution in [0.1, 0.15) is 17.4 Å². The molecule has 1 N–H and O–H groups in total. The minimum atomic E-state index is -1.03. The second-order valence-electron chi connectivity index (χ2n) is 4.60. The molecule has 3 aromatic rings. The lowest BCUT2D eigenvalue weighted by atomic mass is 10.1. The largest absolute Gasteiger partial charge is 0.495 e. The van der Waals surface area contributed by atoms with Gasteiger partial charge in [0.1, 0.15) is 17.6 Å². The zero-order valence-electron chi connectivity index (χ0n) is 11.1. The number of methoxy groups -OCH3 is 1. The van der Waals surface area contributed by atoms with Crippen LogP contribution >= 0.6 is 11.6 Å². The fourth-order valence-corrected chi connectivity index (χ4v) is 2.47. The summed E-state index contributed by atoms with van der Waals surface area (Å²) in [6.45, 7) is 0. The van der Waals surface area contributed by atoms with E-state index in [0.29, 0.717) is 21.7 Å². The number of ether oxygens (including phenoxy) is 1. The summed E-state index contributed by atoms with van der Waals surface area (Å²) < 4.78 is 24.1. The Morgan fingerprint density at radius 3 is 2.71 bits per heavy atom. The Morgan fingerprint density at radius 1 is 1.24 bits per heavy atom. The highest BCUT2D eigenvalue weighted by atomic mass is 35.5. The molecule has 3 nitrogen and oxygen atoms in total. The second-order valence-corrected chi connectivity index (χ2v) is 5.01. The van der Waals surface area contributed by atoms with Crippen LogP contribution in [0.4, 0.5) is 4.39 Å². The fraction of sp³-hybridized carbons (Fsp3) is 0.125. The topological polar surface area (TPSA) is 42.6 Å². The molecule has 108 valence electrons. The van der Waals surface area contributed by atoms with Crippen molar-refractivity contribution in [2.24, 2.45) is 0 Å². The standard InChI is InChI=1S/C16H12ClFO3/c1-20-13-6-5-9(7-11(13)17)15(19)14-8-10-3-2-4-12(18)16(10)21-14/h2-8,15,19H,1H3. The van der Waals surface area contributed by atoms with Crippen molar-refractivity contribution < 1.29 is 18.7 Å². The molecule has 21 heavy (non-hydrogen) atoms. The number of rotatable bonds is 3. The molecule has 0 aliphatic carbocycles. The smallest absolute Gasteiger partial charge is 0.170 e. The Balaban J connectivity index is 2.01. The molecule has 0 aliphatic heterocycles. The van der Waals surface area contributed by atoms with Crippen LogP contribution in [0.15, 0.2) is 46.9 Å². The van der Waals surface area contributed by atoms with Crippen LogP contribution in [0.5, 0.6) is 5.75 Å². The van der Waals surface area contributed by atoms with Crippen molar-refractivity contribution in [3.05, 3.63) is 64.6 Å². The van der Waals surface area contributed by atoms with Gasteiger partial charge < -0.3 is 14.3 Å². The van der Waals surface area contributed by atoms with Crippen LogP contribution in [-0.2, 0) is 0 Å². The number of benzene rings is 2. The molecule has 0 bridgehead atoms. The summed E-state index contributed by atoms with van der Waals surface area (Å²) in [5, 5.41) is 11.3. The average molecular weight is 307 g/mol. The van der Waals surface area contributed by atoms with E-state index in [4.69, 9.17) is 20.8 Å². The lowest BCUT2D eigenvalue weighted by Gasteiger charge is -2.10. The van der Waals surface area contributed by atoms with Crippen molar-refractivity contribution in [3.8, 4) is 5.75 Å². The van der Waals surface area contributed by atoms with E-state index in [2.05, 4.69) is 0 Å². The van der Waals surface area contributed by atoms with Crippen molar-refractivity contribution in [1.82, 2.24) is 0 Å². The first-order valence-electron chi connectivity index (χ1n) is 6.29. The highest BCUT2D eigenvalue weighted by Crippen LogP contribution is 2.33. The van der Waals surface area contributed by atoms with Gasteiger partial charge in [-0.15, -0.1) is 0 Å². The molecular formula is C16H12ClFO3. The van der Waals surface area contributed by atoms with Gasteiger partial charge in [-0.1, -0.05) is 29.8 Å². The first-order chi connectivity index (χ1) is 10.1. The summed E-state index contributed by atoms with van der Waals surface area (Å²) in [4.78, 5) is 0. The molecule has 5 heteroatoms. The monoisotopic (exact) mass is 306 g/mol. The van der Waals surface area contributed by atoms with Gasteiger partial charge in [-0.3, -0.25) is 0 Å². The molecule has 0 fully saturated rings. The molecule has 0 radical (unpaired) electrons. The SMILES string of the molecule is COc1ccc(C(O)c2cc3cccc(F)c3o2)cc1Cl. The molecule has 0 amide bonds. The first kappa shape index (κ1) is 13.9. The minimum Gasteiger partial charge on any atom is -0.495 e. The quantitative estimate of drug-likeness (QED) is 0.784. The van der Waals surface area contributed by atoms with Gasteiger partial charge >= 0.3 is 0 Å². The number of fused-ring (bicyclic) bond motifs is 1. The average Bonchev–Trinajstić information content (AvgIpc) is 2.92. The molecule has 0 aliphatic rings. The maximum Gasteiger partial charge on any atom is 0.170 e. The Kier molecular flexibility index (Phi) is 3.57. The van der Waals surface area contributed by atoms with Gasteiger partial charge in [0.2, 0.25) is 0 Å². The van der Waals surface area contributed by atoms with Crippen LogP contribution in [0.2, 0.25) is 5.02 Å². The predicted molar refractivity (Wildman–Crippen MR) is 78.2 cm³/mol. The first-order valence-corrected chi connectivity index (χ1v) is 6.67. The Bertz CT molecular complexity index is 797. The molecular weight excluding hydrogens is 295 g/mol. The summed E-state index contributed by atoms with van der Waals surface area (Å²) in [6, 6.07) is 11.2. The van der Waals surface area contributed by atoms with Crippen LogP contribution in [0.3, 0.4) is 0 Å². The number of aliphatic hydroxyl groups excluding tert-OH is 1. The van der Waals surface area contributed by atoms with Crippen molar-refractivity contribution >= 4 is 22.6 Å². The Labute approximate surface area is 125 Å². The normalized spacial score (nSPS) is 12.6. The molecule has 1 heterocycles. The van der Waals surface area contributed by atoms with E-state index in [1.807, 2.05) is 0 Å². The lowest BCUT2D eigenvalue weighted by molar-refractivity contribution is 0.192. The number of furan rings is 1. The van der Waals surface area contributed by atoms with Gasteiger partial charge in [-0.05, 0) is 29.8 Å². The summed E-state index contributed by atoms with van der Waals surface area (Å²) in [5.41, 5.74) is 0.673. The molecule has 3 rings (SSSR count). The van der Waals surface area contributed by atoms with Gasteiger partial charge in [0.25, 0.3) is 0 Å². The number of hydrogen-bond donors (Lipinski definition) is 1. The maximum absolute atomic E-state index is 13.6. The van der Waals surface area contributed by atoms with E-state index in [1.54, 1.807) is 36.4 Å². The molecule has 0 saturated heterocycles. The molecule has 1 atom stereocenters. The third-order valence-electron chi connectivity index (χ3n) is 3.28. The minimum absolute atomic E-state index is 0.131. The van der Waals surface area contributed by atoms with Crippen LogP contribution in [-0.4, -0.2) is 12.2 Å². The van der Waals surface area contributed by atoms with Crippen molar-refractivity contribution in [2.45, 2.75) is 6.10 Å². The summed E-state index contributed by atoms with van der Waals surface area (Å²) >= 11 is 6.04. The van der Waals surface area contributed by atoms with Crippen LogP contribution < -0.4 is 4.74 Å². The molecule has 0 spiro atoms. The maximum atomic E-state index is 13.6. The van der Waals surface area contributed by atoms with E-state index in [-0.39, 0.29) is 11.3 Å². The third-order valence-corrected chi connectivity index (χ3v) is 3.57. The van der Waals surface area contributed by atoms with Crippen molar-refractivity contribution in [1.29, 1.82) is 0 Å². The highest BCUT2D eigenvalue weighted by molar-refractivity contribution is 6.32. The van der Waals surface area contributed by atoms with E-state index in [0.717, 1.165) is 0 Å². The highest BCUT2D eigenvalue weighted by Gasteiger charge is 2.18. The van der Waals surface area contributed by atoms with E-state index in [9.17, 15) is 9.50 Å². The van der Waals surface area contributed by atoms with Gasteiger partial charge in [0, 0.05) is 5.39 Å². The molecule has 0 saturated carbocycles. The van der Waals surface area contributed by atoms with Crippen LogP contribution in [0.25, 0.3) is 11.0 Å². The summed E-state index contributed by atoms with van der Waals surface area (Å²) in [6.07, 6.45) is -1.03. The van der Waals surface area contributed by atoms with E-state index >= 15 is 0 Å². The molecule has 1 unspecified atom stereocenters. The second kappa shape index (κ2) is 5.39. The van der Waals surface area contributed by atoms with Crippen LogP contribution in [0, 0.1) is 5.82 Å². The van der Waals surface area contributed by atoms with Gasteiger partial charge in [0.05, 0.1) is 12.1 Å². The van der Waals surface area contributed by atoms with E-state index in [1.165, 1.54) is 13.2 Å². The number of aliphatic hydroxyl groups is 1. The number of halogens is 2. The number of para-hydroxylation sites is 1. The Morgan fingerprint density at radius 2 is 2.05 bits per heavy atom. The number of hydrogen-bond acceptors (Lipinski definition) is 3. The van der Waals surface area contributed by atoms with Crippen molar-refractivity contribution in [2.75, 3.05) is 7.11 Å². The molecule has 2 aromatic carbocycles. The summed E-state index contributed by atoms with van der Waals surface area (Å²) in [7, 11) is 1.51. The van der Waals surface area contributed by atoms with E-state index < -0.39 is 11.9 Å². The third kappa shape index (κ3) is 2.48. The lowest BCUT2D eigenvalue weighted by Crippen LogP contribution is -1.98. The Hall–Kier alpha value is -2.04. The zero-order valence-corrected chi connectivity index (χ0v) is 11.9. The zero-order chi connectivity index (χ0) is 15.0. The van der Waals surface area contributed by atoms with Gasteiger partial charge in [-0.2, -0.15) is 0 Å². The van der Waals surface area contributed by atoms with Gasteiger partial charge in [-0.25, -0.2) is 4.39 Å². The predicted octanol–water partition coefficient (Wildman–Crippen LogP) is 4.32.